The van der Waals surface area contributed by atoms with Crippen molar-refractivity contribution < 1.29 is 9.53 Å². The van der Waals surface area contributed by atoms with Gasteiger partial charge >= 0.3 is 0 Å². The molecule has 0 aromatic heterocycles. The van der Waals surface area contributed by atoms with Crippen LogP contribution in [0.5, 0.6) is 5.75 Å². The Balaban J connectivity index is 2.77. The van der Waals surface area contributed by atoms with Crippen molar-refractivity contribution in [1.82, 2.24) is 0 Å². The Labute approximate surface area is 103 Å². The number of fused-ring (bicyclic) bond motifs is 1. The molecule has 92 valence electrons. The molecule has 2 nitrogen and oxygen atoms in total. The van der Waals surface area contributed by atoms with E-state index in [9.17, 15) is 4.79 Å². The molecule has 0 amide bonds. The van der Waals surface area contributed by atoms with Crippen molar-refractivity contribution >= 4 is 5.78 Å². The molecule has 2 heteroatoms. The normalized spacial score (nSPS) is 17.6. The lowest BCUT2D eigenvalue weighted by molar-refractivity contribution is 0.0613. The van der Waals surface area contributed by atoms with Crippen LogP contribution >= 0.6 is 0 Å². The molecule has 0 atom stereocenters. The minimum absolute atomic E-state index is 0.208. The first kappa shape index (κ1) is 12.2. The maximum atomic E-state index is 12.3. The molecule has 0 spiro atoms. The second kappa shape index (κ2) is 3.59. The van der Waals surface area contributed by atoms with E-state index < -0.39 is 0 Å². The first-order chi connectivity index (χ1) is 7.74. The molecule has 1 aromatic carbocycles. The molecule has 0 aliphatic carbocycles. The van der Waals surface area contributed by atoms with Gasteiger partial charge in [0.2, 0.25) is 0 Å². The van der Waals surface area contributed by atoms with Gasteiger partial charge in [-0.05, 0) is 63.8 Å². The largest absolute Gasteiger partial charge is 0.486 e. The summed E-state index contributed by atoms with van der Waals surface area (Å²) in [5.41, 5.74) is 5.02. The molecule has 0 saturated heterocycles. The predicted molar refractivity (Wildman–Crippen MR) is 69.0 cm³/mol. The van der Waals surface area contributed by atoms with E-state index in [4.69, 9.17) is 4.74 Å². The van der Waals surface area contributed by atoms with Gasteiger partial charge in [-0.15, -0.1) is 0 Å². The van der Waals surface area contributed by atoms with Crippen LogP contribution in [-0.2, 0) is 0 Å². The molecule has 0 fully saturated rings. The van der Waals surface area contributed by atoms with Crippen LogP contribution in [0.2, 0.25) is 0 Å². The van der Waals surface area contributed by atoms with Crippen LogP contribution in [0, 0.1) is 27.7 Å². The summed E-state index contributed by atoms with van der Waals surface area (Å²) in [4.78, 5) is 12.3. The smallest absolute Gasteiger partial charge is 0.170 e. The molecule has 0 radical (unpaired) electrons. The van der Waals surface area contributed by atoms with Crippen LogP contribution in [0.25, 0.3) is 0 Å². The maximum Gasteiger partial charge on any atom is 0.170 e. The molecule has 2 rings (SSSR count). The Hall–Kier alpha value is -1.31. The third-order valence-corrected chi connectivity index (χ3v) is 3.87. The van der Waals surface area contributed by atoms with Gasteiger partial charge in [-0.3, -0.25) is 4.79 Å². The third kappa shape index (κ3) is 1.76. The van der Waals surface area contributed by atoms with Crippen LogP contribution in [0.15, 0.2) is 0 Å². The zero-order chi connectivity index (χ0) is 13.0. The van der Waals surface area contributed by atoms with Gasteiger partial charge in [0, 0.05) is 0 Å². The maximum absolute atomic E-state index is 12.3. The summed E-state index contributed by atoms with van der Waals surface area (Å²) in [5.74, 6) is 1.01. The molecule has 0 saturated carbocycles. The van der Waals surface area contributed by atoms with E-state index in [2.05, 4.69) is 13.8 Å². The number of ketones is 1. The summed E-state index contributed by atoms with van der Waals surface area (Å²) in [6.45, 7) is 12.2. The summed E-state index contributed by atoms with van der Waals surface area (Å²) in [6.07, 6.45) is 0.461. The van der Waals surface area contributed by atoms with Crippen LogP contribution < -0.4 is 4.74 Å². The van der Waals surface area contributed by atoms with E-state index in [1.54, 1.807) is 0 Å². The van der Waals surface area contributed by atoms with Gasteiger partial charge in [-0.2, -0.15) is 0 Å². The summed E-state index contributed by atoms with van der Waals surface area (Å²) in [7, 11) is 0. The van der Waals surface area contributed by atoms with Gasteiger partial charge in [-0.1, -0.05) is 0 Å². The van der Waals surface area contributed by atoms with Crippen molar-refractivity contribution in [3.63, 3.8) is 0 Å². The van der Waals surface area contributed by atoms with Crippen molar-refractivity contribution in [3.05, 3.63) is 27.8 Å². The first-order valence-electron chi connectivity index (χ1n) is 6.07. The van der Waals surface area contributed by atoms with E-state index in [1.807, 2.05) is 27.7 Å². The average Bonchev–Trinajstić information content (AvgIpc) is 2.21. The molecule has 0 bridgehead atoms. The highest BCUT2D eigenvalue weighted by atomic mass is 16.5. The molecule has 1 heterocycles. The second-order valence-electron chi connectivity index (χ2n) is 5.67. The predicted octanol–water partition coefficient (Wildman–Crippen LogP) is 3.66. The fourth-order valence-electron chi connectivity index (χ4n) is 2.53. The van der Waals surface area contributed by atoms with Crippen molar-refractivity contribution in [3.8, 4) is 5.75 Å². The zero-order valence-corrected chi connectivity index (χ0v) is 11.5. The van der Waals surface area contributed by atoms with Gasteiger partial charge < -0.3 is 4.74 Å². The molecular weight excluding hydrogens is 212 g/mol. The van der Waals surface area contributed by atoms with Crippen LogP contribution in [0.1, 0.15) is 52.9 Å². The van der Waals surface area contributed by atoms with Gasteiger partial charge in [-0.25, -0.2) is 0 Å². The lowest BCUT2D eigenvalue weighted by atomic mass is 9.85. The van der Waals surface area contributed by atoms with Crippen LogP contribution in [0.4, 0.5) is 0 Å². The van der Waals surface area contributed by atoms with Gasteiger partial charge in [0.25, 0.3) is 0 Å². The number of ether oxygens (including phenoxy) is 1. The fraction of sp³-hybridized carbons (Fsp3) is 0.533. The first-order valence-corrected chi connectivity index (χ1v) is 6.07. The van der Waals surface area contributed by atoms with E-state index in [0.717, 1.165) is 22.4 Å². The summed E-state index contributed by atoms with van der Waals surface area (Å²) in [6, 6.07) is 0. The number of carbonyl (C=O) groups excluding carboxylic acids is 1. The molecule has 1 aliphatic rings. The SMILES string of the molecule is Cc1c(C)c(C)c2c(c1C)OC(C)(C)CC2=O. The summed E-state index contributed by atoms with van der Waals surface area (Å²) < 4.78 is 6.02. The molecule has 1 aliphatic heterocycles. The highest BCUT2D eigenvalue weighted by Crippen LogP contribution is 2.40. The van der Waals surface area contributed by atoms with Crippen molar-refractivity contribution in [2.24, 2.45) is 0 Å². The minimum Gasteiger partial charge on any atom is -0.486 e. The number of carbonyl (C=O) groups is 1. The minimum atomic E-state index is -0.386. The van der Waals surface area contributed by atoms with Crippen LogP contribution in [-0.4, -0.2) is 11.4 Å². The molecule has 1 aromatic rings. The molecule has 0 N–H and O–H groups in total. The number of benzene rings is 1. The van der Waals surface area contributed by atoms with E-state index in [-0.39, 0.29) is 11.4 Å². The second-order valence-corrected chi connectivity index (χ2v) is 5.67. The summed E-state index contributed by atoms with van der Waals surface area (Å²) >= 11 is 0. The number of rotatable bonds is 0. The monoisotopic (exact) mass is 232 g/mol. The Bertz CT molecular complexity index is 510. The van der Waals surface area contributed by atoms with Crippen molar-refractivity contribution in [1.29, 1.82) is 0 Å². The Morgan fingerprint density at radius 2 is 1.47 bits per heavy atom. The van der Waals surface area contributed by atoms with E-state index in [0.29, 0.717) is 6.42 Å². The van der Waals surface area contributed by atoms with Gasteiger partial charge in [0.1, 0.15) is 11.4 Å². The molecular formula is C15H20O2. The standard InChI is InChI=1S/C15H20O2/c1-8-9(2)11(4)14-13(10(8)3)12(16)7-15(5,6)17-14/h7H2,1-6H3. The quantitative estimate of drug-likeness (QED) is 0.682. The average molecular weight is 232 g/mol. The Kier molecular flexibility index (Phi) is 2.57. The van der Waals surface area contributed by atoms with E-state index in [1.165, 1.54) is 11.1 Å². The zero-order valence-electron chi connectivity index (χ0n) is 11.5. The van der Waals surface area contributed by atoms with Gasteiger partial charge in [0.05, 0.1) is 12.0 Å². The fourth-order valence-corrected chi connectivity index (χ4v) is 2.53. The van der Waals surface area contributed by atoms with E-state index >= 15 is 0 Å². The number of Topliss-reactive ketones (excluding diaryl/α,β-unsaturated/α-hetero) is 1. The lowest BCUT2D eigenvalue weighted by Crippen LogP contribution is -2.37. The number of hydrogen-bond acceptors (Lipinski definition) is 2. The lowest BCUT2D eigenvalue weighted by Gasteiger charge is -2.34. The highest BCUT2D eigenvalue weighted by Gasteiger charge is 2.35. The number of hydrogen-bond donors (Lipinski definition) is 0. The summed E-state index contributed by atoms with van der Waals surface area (Å²) in [5, 5.41) is 0. The van der Waals surface area contributed by atoms with Crippen molar-refractivity contribution in [2.75, 3.05) is 0 Å². The van der Waals surface area contributed by atoms with Crippen molar-refractivity contribution in [2.45, 2.75) is 53.6 Å². The molecule has 17 heavy (non-hydrogen) atoms. The Morgan fingerprint density at radius 1 is 0.941 bits per heavy atom. The van der Waals surface area contributed by atoms with Crippen LogP contribution in [0.3, 0.4) is 0 Å². The molecule has 0 unspecified atom stereocenters. The highest BCUT2D eigenvalue weighted by molar-refractivity contribution is 6.02. The third-order valence-electron chi connectivity index (χ3n) is 3.87. The Morgan fingerprint density at radius 3 is 2.06 bits per heavy atom. The van der Waals surface area contributed by atoms with Gasteiger partial charge in [0.15, 0.2) is 5.78 Å². The topological polar surface area (TPSA) is 26.3 Å².